The Morgan fingerprint density at radius 2 is 1.60 bits per heavy atom. The summed E-state index contributed by atoms with van der Waals surface area (Å²) in [6, 6.07) is 0.986. The van der Waals surface area contributed by atoms with Crippen LogP contribution in [0.25, 0.3) is 0 Å². The second kappa shape index (κ2) is 9.82. The van der Waals surface area contributed by atoms with E-state index < -0.39 is 41.2 Å². The fourth-order valence-corrected chi connectivity index (χ4v) is 3.82. The van der Waals surface area contributed by atoms with Gasteiger partial charge >= 0.3 is 18.4 Å². The highest BCUT2D eigenvalue weighted by Crippen LogP contribution is 2.37. The first-order valence-electron chi connectivity index (χ1n) is 10.5. The van der Waals surface area contributed by atoms with Crippen LogP contribution in [0.1, 0.15) is 43.9 Å². The van der Waals surface area contributed by atoms with Crippen LogP contribution in [-0.2, 0) is 23.6 Å². The molecule has 2 aromatic rings. The molecule has 1 aromatic carbocycles. The summed E-state index contributed by atoms with van der Waals surface area (Å²) in [6.45, 7) is 5.24. The molecule has 0 bridgehead atoms. The number of nitrogens with zero attached hydrogens (tertiary/aromatic N) is 4. The Morgan fingerprint density at radius 1 is 1.06 bits per heavy atom. The Bertz CT molecular complexity index is 1020. The van der Waals surface area contributed by atoms with Gasteiger partial charge in [0, 0.05) is 32.0 Å². The van der Waals surface area contributed by atoms with Crippen LogP contribution >= 0.6 is 15.9 Å². The molecular weight excluding hydrogens is 546 g/mol. The second-order valence-electron chi connectivity index (χ2n) is 9.11. The van der Waals surface area contributed by atoms with Crippen LogP contribution in [0.4, 0.5) is 37.1 Å². The van der Waals surface area contributed by atoms with E-state index in [2.05, 4.69) is 25.9 Å². The molecule has 1 fully saturated rings. The number of carbonyl (C=O) groups is 1. The monoisotopic (exact) mass is 568 g/mol. The first kappa shape index (κ1) is 27.0. The average molecular weight is 569 g/mol. The number of anilines is 1. The fourth-order valence-electron chi connectivity index (χ4n) is 3.61. The van der Waals surface area contributed by atoms with Crippen molar-refractivity contribution in [3.05, 3.63) is 51.8 Å². The first-order chi connectivity index (χ1) is 16.0. The zero-order valence-electron chi connectivity index (χ0n) is 19.0. The number of aromatic nitrogens is 2. The van der Waals surface area contributed by atoms with Crippen molar-refractivity contribution in [3.63, 3.8) is 0 Å². The number of hydrogen-bond acceptors (Lipinski definition) is 5. The zero-order chi connectivity index (χ0) is 26.2. The normalized spacial score (nSPS) is 17.0. The molecular formula is C22H23BrF6N4O2. The van der Waals surface area contributed by atoms with Crippen LogP contribution in [0.15, 0.2) is 35.1 Å². The Hall–Kier alpha value is -2.57. The van der Waals surface area contributed by atoms with Crippen molar-refractivity contribution in [2.45, 2.75) is 57.7 Å². The molecule has 0 radical (unpaired) electrons. The van der Waals surface area contributed by atoms with Gasteiger partial charge in [0.2, 0.25) is 5.95 Å². The van der Waals surface area contributed by atoms with Gasteiger partial charge in [-0.25, -0.2) is 14.8 Å². The number of carbonyl (C=O) groups excluding carboxylic acids is 1. The third kappa shape index (κ3) is 7.21. The van der Waals surface area contributed by atoms with Gasteiger partial charge < -0.3 is 14.5 Å². The molecule has 0 aliphatic carbocycles. The van der Waals surface area contributed by atoms with Crippen molar-refractivity contribution >= 4 is 28.0 Å². The Labute approximate surface area is 206 Å². The van der Waals surface area contributed by atoms with E-state index in [1.807, 2.05) is 0 Å². The van der Waals surface area contributed by atoms with E-state index in [1.54, 1.807) is 20.8 Å². The molecule has 13 heteroatoms. The van der Waals surface area contributed by atoms with Crippen molar-refractivity contribution < 1.29 is 35.9 Å². The van der Waals surface area contributed by atoms with E-state index in [1.165, 1.54) is 22.2 Å². The summed E-state index contributed by atoms with van der Waals surface area (Å²) in [5, 5.41) is 0. The Kier molecular flexibility index (Phi) is 7.59. The van der Waals surface area contributed by atoms with Gasteiger partial charge in [-0.3, -0.25) is 0 Å². The van der Waals surface area contributed by atoms with Crippen molar-refractivity contribution in [2.24, 2.45) is 0 Å². The molecule has 0 saturated carbocycles. The summed E-state index contributed by atoms with van der Waals surface area (Å²) in [4.78, 5) is 23.8. The molecule has 0 N–H and O–H groups in total. The maximum Gasteiger partial charge on any atom is 0.416 e. The van der Waals surface area contributed by atoms with E-state index in [-0.39, 0.29) is 30.7 Å². The number of rotatable bonds is 4. The molecule has 1 aliphatic heterocycles. The van der Waals surface area contributed by atoms with E-state index in [0.717, 1.165) is 0 Å². The van der Waals surface area contributed by atoms with Crippen molar-refractivity contribution in [3.8, 4) is 0 Å². The number of hydrogen-bond donors (Lipinski definition) is 0. The lowest BCUT2D eigenvalue weighted by Gasteiger charge is -2.30. The van der Waals surface area contributed by atoms with Crippen LogP contribution in [0.5, 0.6) is 0 Å². The predicted molar refractivity (Wildman–Crippen MR) is 119 cm³/mol. The Morgan fingerprint density at radius 3 is 2.09 bits per heavy atom. The first-order valence-corrected chi connectivity index (χ1v) is 11.3. The molecule has 6 nitrogen and oxygen atoms in total. The number of benzene rings is 1. The number of halogens is 7. The van der Waals surface area contributed by atoms with Crippen molar-refractivity contribution in [1.29, 1.82) is 0 Å². The number of amides is 1. The lowest BCUT2D eigenvalue weighted by atomic mass is 10.0. The molecule has 1 saturated heterocycles. The quantitative estimate of drug-likeness (QED) is 0.405. The van der Waals surface area contributed by atoms with E-state index >= 15 is 0 Å². The Balaban J connectivity index is 1.95. The van der Waals surface area contributed by atoms with E-state index in [4.69, 9.17) is 4.74 Å². The molecule has 0 spiro atoms. The zero-order valence-corrected chi connectivity index (χ0v) is 20.6. The van der Waals surface area contributed by atoms with Gasteiger partial charge in [-0.2, -0.15) is 26.3 Å². The van der Waals surface area contributed by atoms with Gasteiger partial charge in [0.05, 0.1) is 21.6 Å². The topological polar surface area (TPSA) is 58.6 Å². The van der Waals surface area contributed by atoms with Gasteiger partial charge in [0.15, 0.2) is 0 Å². The highest BCUT2D eigenvalue weighted by atomic mass is 79.9. The maximum atomic E-state index is 13.3. The van der Waals surface area contributed by atoms with Crippen LogP contribution in [0.3, 0.4) is 0 Å². The summed E-state index contributed by atoms with van der Waals surface area (Å²) in [6.07, 6.45) is -7.25. The molecule has 1 atom stereocenters. The highest BCUT2D eigenvalue weighted by molar-refractivity contribution is 9.10. The minimum Gasteiger partial charge on any atom is -0.444 e. The average Bonchev–Trinajstić information content (AvgIpc) is 3.20. The summed E-state index contributed by atoms with van der Waals surface area (Å²) >= 11 is 3.20. The van der Waals surface area contributed by atoms with Gasteiger partial charge in [0.1, 0.15) is 5.60 Å². The third-order valence-electron chi connectivity index (χ3n) is 5.12. The third-order valence-corrected chi connectivity index (χ3v) is 5.53. The smallest absolute Gasteiger partial charge is 0.416 e. The molecule has 2 heterocycles. The number of ether oxygens (including phenoxy) is 1. The number of likely N-dealkylation sites (tertiary alicyclic amines) is 1. The van der Waals surface area contributed by atoms with Crippen molar-refractivity contribution in [1.82, 2.24) is 14.9 Å². The highest BCUT2D eigenvalue weighted by Gasteiger charge is 2.38. The molecule has 0 unspecified atom stereocenters. The van der Waals surface area contributed by atoms with Gasteiger partial charge in [-0.05, 0) is 66.9 Å². The molecule has 35 heavy (non-hydrogen) atoms. The maximum absolute atomic E-state index is 13.3. The molecule has 3 rings (SSSR count). The minimum atomic E-state index is -4.96. The van der Waals surface area contributed by atoms with E-state index in [9.17, 15) is 31.1 Å². The fraction of sp³-hybridized carbons (Fsp3) is 0.500. The van der Waals surface area contributed by atoms with E-state index in [0.29, 0.717) is 29.6 Å². The SMILES string of the molecule is CC(C)(C)OC(=O)N1CC[C@H](N(Cc2cc(C(F)(F)F)cc(C(F)(F)F)c2)c2ncc(Br)cn2)C1. The minimum absolute atomic E-state index is 0.0871. The number of alkyl halides is 6. The lowest BCUT2D eigenvalue weighted by Crippen LogP contribution is -2.41. The van der Waals surface area contributed by atoms with Gasteiger partial charge in [-0.1, -0.05) is 0 Å². The summed E-state index contributed by atoms with van der Waals surface area (Å²) < 4.78 is 86.0. The summed E-state index contributed by atoms with van der Waals surface area (Å²) in [5.74, 6) is 0.107. The van der Waals surface area contributed by atoms with Crippen molar-refractivity contribution in [2.75, 3.05) is 18.0 Å². The predicted octanol–water partition coefficient (Wildman–Crippen LogP) is 6.29. The summed E-state index contributed by atoms with van der Waals surface area (Å²) in [5.41, 5.74) is -3.74. The molecule has 1 aromatic heterocycles. The van der Waals surface area contributed by atoms with Crippen LogP contribution in [0, 0.1) is 0 Å². The molecule has 1 aliphatic rings. The summed E-state index contributed by atoms with van der Waals surface area (Å²) in [7, 11) is 0. The molecule has 192 valence electrons. The van der Waals surface area contributed by atoms with Gasteiger partial charge in [0.25, 0.3) is 0 Å². The lowest BCUT2D eigenvalue weighted by molar-refractivity contribution is -0.143. The van der Waals surface area contributed by atoms with Crippen LogP contribution in [0.2, 0.25) is 0 Å². The molecule has 1 amide bonds. The van der Waals surface area contributed by atoms with Crippen LogP contribution in [-0.4, -0.2) is 45.7 Å². The largest absolute Gasteiger partial charge is 0.444 e. The van der Waals surface area contributed by atoms with Crippen LogP contribution < -0.4 is 4.90 Å². The standard InChI is InChI=1S/C22H23BrF6N4O2/c1-20(2,3)35-19(34)32-5-4-17(12-32)33(18-30-9-16(23)10-31-18)11-13-6-14(21(24,25)26)8-15(7-13)22(27,28)29/h6-10,17H,4-5,11-12H2,1-3H3/t17-/m0/s1. The second-order valence-corrected chi connectivity index (χ2v) is 10.0. The van der Waals surface area contributed by atoms with Gasteiger partial charge in [-0.15, -0.1) is 0 Å².